The third kappa shape index (κ3) is 7.57. The number of ether oxygens (including phenoxy) is 1. The fraction of sp³-hybridized carbons (Fsp3) is 0.476. The van der Waals surface area contributed by atoms with Gasteiger partial charge in [-0.3, -0.25) is 0 Å². The molecule has 186 valence electrons. The minimum absolute atomic E-state index is 0.115. The topological polar surface area (TPSA) is 122 Å². The zero-order chi connectivity index (χ0) is 24.7. The maximum atomic E-state index is 14.0. The lowest BCUT2D eigenvalue weighted by atomic mass is 10.1. The van der Waals surface area contributed by atoms with Crippen LogP contribution in [0, 0.1) is 11.6 Å². The number of rotatable bonds is 10. The lowest BCUT2D eigenvalue weighted by Gasteiger charge is -2.32. The second-order valence-electron chi connectivity index (χ2n) is 7.90. The average molecular weight is 563 g/mol. The number of aromatic nitrogens is 2. The van der Waals surface area contributed by atoms with E-state index in [0.29, 0.717) is 37.9 Å². The molecule has 1 aromatic heterocycles. The van der Waals surface area contributed by atoms with Crippen molar-refractivity contribution in [3.8, 4) is 5.75 Å². The second-order valence-corrected chi connectivity index (χ2v) is 10.8. The third-order valence-electron chi connectivity index (χ3n) is 5.35. The molecule has 1 atom stereocenters. The number of hydrogen-bond donors (Lipinski definition) is 2. The molecule has 0 spiro atoms. The largest absolute Gasteiger partial charge is 0.486 e. The number of nitrogens with one attached hydrogen (secondary N) is 1. The Kier molecular flexibility index (Phi) is 9.14. The van der Waals surface area contributed by atoms with Gasteiger partial charge in [-0.15, -0.1) is 0 Å². The SMILES string of the molecule is O=C(O)NC(CCCc1ncccn1)CS(=O)(=O)N1CCC(Oc2c(F)cc(F)cc2Br)CC1. The predicted molar refractivity (Wildman–Crippen MR) is 123 cm³/mol. The highest BCUT2D eigenvalue weighted by Gasteiger charge is 2.32. The van der Waals surface area contributed by atoms with Gasteiger partial charge in [-0.2, -0.15) is 0 Å². The molecule has 2 N–H and O–H groups in total. The summed E-state index contributed by atoms with van der Waals surface area (Å²) in [6.45, 7) is 0.288. The van der Waals surface area contributed by atoms with E-state index in [2.05, 4.69) is 31.2 Å². The number of sulfonamides is 1. The predicted octanol–water partition coefficient (Wildman–Crippen LogP) is 3.35. The van der Waals surface area contributed by atoms with Crippen LogP contribution in [-0.4, -0.2) is 64.9 Å². The molecule has 0 radical (unpaired) electrons. The van der Waals surface area contributed by atoms with Crippen molar-refractivity contribution >= 4 is 32.0 Å². The minimum Gasteiger partial charge on any atom is -0.486 e. The Labute approximate surface area is 204 Å². The molecule has 9 nitrogen and oxygen atoms in total. The summed E-state index contributed by atoms with van der Waals surface area (Å²) in [5, 5.41) is 11.4. The minimum atomic E-state index is -3.75. The van der Waals surface area contributed by atoms with Crippen molar-refractivity contribution in [3.63, 3.8) is 0 Å². The lowest BCUT2D eigenvalue weighted by Crippen LogP contribution is -2.47. The van der Waals surface area contributed by atoms with Gasteiger partial charge in [0.25, 0.3) is 0 Å². The molecule has 1 aromatic carbocycles. The Hall–Kier alpha value is -2.38. The number of aryl methyl sites for hydroxylation is 1. The molecule has 2 aromatic rings. The molecule has 1 aliphatic heterocycles. The van der Waals surface area contributed by atoms with Gasteiger partial charge in [0.05, 0.1) is 10.2 Å². The van der Waals surface area contributed by atoms with Gasteiger partial charge in [-0.25, -0.2) is 36.3 Å². The smallest absolute Gasteiger partial charge is 0.404 e. The van der Waals surface area contributed by atoms with E-state index in [1.807, 2.05) is 0 Å². The molecular formula is C21H25BrF2N4O5S. The van der Waals surface area contributed by atoms with E-state index in [1.165, 1.54) is 4.31 Å². The normalized spacial score (nSPS) is 16.2. The van der Waals surface area contributed by atoms with E-state index in [0.717, 1.165) is 12.1 Å². The molecule has 3 rings (SSSR count). The number of benzene rings is 1. The second kappa shape index (κ2) is 11.8. The van der Waals surface area contributed by atoms with Crippen LogP contribution in [0.25, 0.3) is 0 Å². The molecule has 1 saturated heterocycles. The summed E-state index contributed by atoms with van der Waals surface area (Å²) in [5.41, 5.74) is 0. The summed E-state index contributed by atoms with van der Waals surface area (Å²) in [7, 11) is -3.75. The van der Waals surface area contributed by atoms with Gasteiger partial charge >= 0.3 is 6.09 Å². The molecule has 1 aliphatic rings. The van der Waals surface area contributed by atoms with Crippen molar-refractivity contribution in [1.82, 2.24) is 19.6 Å². The number of carbonyl (C=O) groups is 1. The van der Waals surface area contributed by atoms with Crippen molar-refractivity contribution < 1.29 is 31.8 Å². The van der Waals surface area contributed by atoms with Crippen LogP contribution in [0.15, 0.2) is 35.1 Å². The van der Waals surface area contributed by atoms with Crippen LogP contribution in [0.2, 0.25) is 0 Å². The Balaban J connectivity index is 1.54. The van der Waals surface area contributed by atoms with Crippen LogP contribution >= 0.6 is 15.9 Å². The van der Waals surface area contributed by atoms with Crippen LogP contribution < -0.4 is 10.1 Å². The van der Waals surface area contributed by atoms with E-state index in [1.54, 1.807) is 18.5 Å². The average Bonchev–Trinajstić information content (AvgIpc) is 2.76. The summed E-state index contributed by atoms with van der Waals surface area (Å²) in [4.78, 5) is 19.4. The summed E-state index contributed by atoms with van der Waals surface area (Å²) in [6, 6.07) is 2.72. The molecule has 13 heteroatoms. The molecule has 1 unspecified atom stereocenters. The number of nitrogens with zero attached hydrogens (tertiary/aromatic N) is 3. The lowest BCUT2D eigenvalue weighted by molar-refractivity contribution is 0.129. The molecule has 34 heavy (non-hydrogen) atoms. The Bertz CT molecular complexity index is 1060. The monoisotopic (exact) mass is 562 g/mol. The molecule has 2 heterocycles. The third-order valence-corrected chi connectivity index (χ3v) is 7.92. The maximum Gasteiger partial charge on any atom is 0.404 e. The summed E-state index contributed by atoms with van der Waals surface area (Å²) in [6.07, 6.45) is 3.41. The summed E-state index contributed by atoms with van der Waals surface area (Å²) < 4.78 is 60.3. The van der Waals surface area contributed by atoms with Crippen molar-refractivity contribution in [2.24, 2.45) is 0 Å². The molecule has 0 saturated carbocycles. The van der Waals surface area contributed by atoms with Crippen molar-refractivity contribution in [3.05, 3.63) is 52.5 Å². The number of piperidine rings is 1. The number of amides is 1. The molecule has 1 fully saturated rings. The Morgan fingerprint density at radius 2 is 1.94 bits per heavy atom. The maximum absolute atomic E-state index is 14.0. The zero-order valence-corrected chi connectivity index (χ0v) is 20.6. The zero-order valence-electron chi connectivity index (χ0n) is 18.2. The number of halogens is 3. The Morgan fingerprint density at radius 3 is 2.56 bits per heavy atom. The van der Waals surface area contributed by atoms with Gasteiger partial charge < -0.3 is 15.2 Å². The Morgan fingerprint density at radius 1 is 1.26 bits per heavy atom. The highest BCUT2D eigenvalue weighted by molar-refractivity contribution is 9.10. The van der Waals surface area contributed by atoms with Gasteiger partial charge in [-0.05, 0) is 53.7 Å². The van der Waals surface area contributed by atoms with Crippen molar-refractivity contribution in [1.29, 1.82) is 0 Å². The van der Waals surface area contributed by atoms with Crippen LogP contribution in [0.4, 0.5) is 13.6 Å². The van der Waals surface area contributed by atoms with E-state index in [-0.39, 0.29) is 29.1 Å². The van der Waals surface area contributed by atoms with E-state index >= 15 is 0 Å². The molecular weight excluding hydrogens is 538 g/mol. The fourth-order valence-electron chi connectivity index (χ4n) is 3.73. The first-order valence-electron chi connectivity index (χ1n) is 10.7. The van der Waals surface area contributed by atoms with Gasteiger partial charge in [0.15, 0.2) is 11.6 Å². The van der Waals surface area contributed by atoms with Crippen LogP contribution in [0.3, 0.4) is 0 Å². The first-order chi connectivity index (χ1) is 16.1. The molecule has 1 amide bonds. The number of carboxylic acid groups (broad SMARTS) is 1. The van der Waals surface area contributed by atoms with E-state index in [9.17, 15) is 22.0 Å². The van der Waals surface area contributed by atoms with Crippen LogP contribution in [0.5, 0.6) is 5.75 Å². The van der Waals surface area contributed by atoms with Gasteiger partial charge in [0.2, 0.25) is 10.0 Å². The number of hydrogen-bond acceptors (Lipinski definition) is 6. The standard InChI is InChI=1S/C21H25BrF2N4O5S/c22-17-11-14(23)12-18(24)20(17)33-16-5-9-28(10-6-16)34(31,32)13-15(27-21(29)30)3-1-4-19-25-7-2-8-26-19/h2,7-8,11-12,15-16,27H,1,3-6,9-10,13H2,(H,29,30). The highest BCUT2D eigenvalue weighted by Crippen LogP contribution is 2.32. The molecule has 0 bridgehead atoms. The van der Waals surface area contributed by atoms with Crippen LogP contribution in [-0.2, 0) is 16.4 Å². The van der Waals surface area contributed by atoms with Gasteiger partial charge in [0, 0.05) is 44.0 Å². The fourth-order valence-corrected chi connectivity index (χ4v) is 5.97. The highest BCUT2D eigenvalue weighted by atomic mass is 79.9. The first kappa shape index (κ1) is 26.2. The molecule has 0 aliphatic carbocycles. The van der Waals surface area contributed by atoms with Gasteiger partial charge in [-0.1, -0.05) is 0 Å². The van der Waals surface area contributed by atoms with E-state index in [4.69, 9.17) is 9.84 Å². The van der Waals surface area contributed by atoms with E-state index < -0.39 is 39.9 Å². The van der Waals surface area contributed by atoms with Crippen molar-refractivity contribution in [2.45, 2.75) is 44.2 Å². The quantitative estimate of drug-likeness (QED) is 0.455. The van der Waals surface area contributed by atoms with Crippen molar-refractivity contribution in [2.75, 3.05) is 18.8 Å². The first-order valence-corrected chi connectivity index (χ1v) is 13.1. The van der Waals surface area contributed by atoms with Gasteiger partial charge in [0.1, 0.15) is 17.7 Å². The summed E-state index contributed by atoms with van der Waals surface area (Å²) in [5.74, 6) is -1.47. The van der Waals surface area contributed by atoms with Crippen LogP contribution in [0.1, 0.15) is 31.5 Å². The summed E-state index contributed by atoms with van der Waals surface area (Å²) >= 11 is 3.08.